The molecule has 2 aromatic rings. The molecule has 0 fully saturated rings. The summed E-state index contributed by atoms with van der Waals surface area (Å²) in [5.74, 6) is -0.519. The van der Waals surface area contributed by atoms with E-state index >= 15 is 0 Å². The zero-order chi connectivity index (χ0) is 20.1. The van der Waals surface area contributed by atoms with Gasteiger partial charge in [-0.1, -0.05) is 12.1 Å². The number of carbonyl (C=O) groups excluding carboxylic acids is 2. The number of hydrogen-bond acceptors (Lipinski definition) is 5. The van der Waals surface area contributed by atoms with Crippen LogP contribution in [0.15, 0.2) is 24.3 Å². The lowest BCUT2D eigenvalue weighted by Crippen LogP contribution is -2.35. The number of benzene rings is 1. The highest BCUT2D eigenvalue weighted by molar-refractivity contribution is 7.16. The summed E-state index contributed by atoms with van der Waals surface area (Å²) in [7, 11) is 0. The molecule has 0 aliphatic carbocycles. The van der Waals surface area contributed by atoms with Crippen molar-refractivity contribution in [3.8, 4) is 6.07 Å². The Kier molecular flexibility index (Phi) is 6.26. The van der Waals surface area contributed by atoms with Crippen LogP contribution in [0.4, 0.5) is 14.2 Å². The van der Waals surface area contributed by atoms with Crippen molar-refractivity contribution in [2.45, 2.75) is 32.7 Å². The molecule has 0 bridgehead atoms. The SMILES string of the molecule is CCOC(=O)N1CCc2c(sc(NC(=O)CCc3ccc(F)cc3)c2C#N)C1. The zero-order valence-corrected chi connectivity index (χ0v) is 16.3. The largest absolute Gasteiger partial charge is 0.450 e. The van der Waals surface area contributed by atoms with Gasteiger partial charge < -0.3 is 15.0 Å². The highest BCUT2D eigenvalue weighted by Crippen LogP contribution is 2.36. The Bertz CT molecular complexity index is 918. The van der Waals surface area contributed by atoms with E-state index in [-0.39, 0.29) is 24.2 Å². The number of nitriles is 1. The topological polar surface area (TPSA) is 82.4 Å². The molecule has 1 aromatic carbocycles. The predicted octanol–water partition coefficient (Wildman–Crippen LogP) is 3.84. The fraction of sp³-hybridized carbons (Fsp3) is 0.350. The van der Waals surface area contributed by atoms with Crippen LogP contribution in [0.1, 0.15) is 34.9 Å². The molecule has 8 heteroatoms. The van der Waals surface area contributed by atoms with Crippen molar-refractivity contribution in [2.24, 2.45) is 0 Å². The van der Waals surface area contributed by atoms with Crippen molar-refractivity contribution < 1.29 is 18.7 Å². The van der Waals surface area contributed by atoms with Gasteiger partial charge in [0.2, 0.25) is 5.91 Å². The van der Waals surface area contributed by atoms with Gasteiger partial charge in [0.05, 0.1) is 18.7 Å². The molecule has 1 aliphatic heterocycles. The lowest BCUT2D eigenvalue weighted by atomic mass is 10.0. The van der Waals surface area contributed by atoms with Gasteiger partial charge in [0.25, 0.3) is 0 Å². The van der Waals surface area contributed by atoms with Crippen LogP contribution in [0.5, 0.6) is 0 Å². The van der Waals surface area contributed by atoms with E-state index in [2.05, 4.69) is 11.4 Å². The summed E-state index contributed by atoms with van der Waals surface area (Å²) in [6.45, 7) is 2.92. The van der Waals surface area contributed by atoms with Crippen LogP contribution in [0.2, 0.25) is 0 Å². The first kappa shape index (κ1) is 19.8. The van der Waals surface area contributed by atoms with Crippen LogP contribution in [0.3, 0.4) is 0 Å². The zero-order valence-electron chi connectivity index (χ0n) is 15.5. The fourth-order valence-corrected chi connectivity index (χ4v) is 4.31. The van der Waals surface area contributed by atoms with E-state index < -0.39 is 0 Å². The molecule has 1 aliphatic rings. The maximum absolute atomic E-state index is 12.9. The first-order valence-electron chi connectivity index (χ1n) is 9.02. The number of hydrogen-bond donors (Lipinski definition) is 1. The van der Waals surface area contributed by atoms with Gasteiger partial charge in [-0.25, -0.2) is 9.18 Å². The minimum absolute atomic E-state index is 0.207. The number of rotatable bonds is 5. The summed E-state index contributed by atoms with van der Waals surface area (Å²) in [5, 5.41) is 12.9. The first-order chi connectivity index (χ1) is 13.5. The molecular weight excluding hydrogens is 381 g/mol. The number of aryl methyl sites for hydroxylation is 1. The van der Waals surface area contributed by atoms with E-state index in [4.69, 9.17) is 4.74 Å². The van der Waals surface area contributed by atoms with Crippen LogP contribution in [0, 0.1) is 17.1 Å². The van der Waals surface area contributed by atoms with Crippen molar-refractivity contribution in [1.29, 1.82) is 5.26 Å². The smallest absolute Gasteiger partial charge is 0.410 e. The standard InChI is InChI=1S/C20H20FN3O3S/c1-2-27-20(26)24-10-9-15-16(11-22)19(28-17(15)12-24)23-18(25)8-5-13-3-6-14(21)7-4-13/h3-4,6-7H,2,5,8-10,12H2,1H3,(H,23,25). The average molecular weight is 401 g/mol. The molecule has 28 heavy (non-hydrogen) atoms. The molecule has 3 rings (SSSR count). The summed E-state index contributed by atoms with van der Waals surface area (Å²) in [4.78, 5) is 26.8. The number of ether oxygens (including phenoxy) is 1. The van der Waals surface area contributed by atoms with Gasteiger partial charge in [-0.2, -0.15) is 5.26 Å². The summed E-state index contributed by atoms with van der Waals surface area (Å²) >= 11 is 1.32. The fourth-order valence-electron chi connectivity index (χ4n) is 3.08. The number of fused-ring (bicyclic) bond motifs is 1. The normalized spacial score (nSPS) is 12.8. The Hall–Kier alpha value is -2.92. The summed E-state index contributed by atoms with van der Waals surface area (Å²) in [5.41, 5.74) is 2.23. The molecule has 6 nitrogen and oxygen atoms in total. The summed E-state index contributed by atoms with van der Waals surface area (Å²) in [6, 6.07) is 8.21. The van der Waals surface area contributed by atoms with Gasteiger partial charge in [-0.05, 0) is 43.0 Å². The molecule has 0 spiro atoms. The minimum Gasteiger partial charge on any atom is -0.450 e. The Labute approximate surface area is 166 Å². The average Bonchev–Trinajstić information content (AvgIpc) is 3.03. The van der Waals surface area contributed by atoms with Gasteiger partial charge in [-0.3, -0.25) is 4.79 Å². The Morgan fingerprint density at radius 2 is 2.11 bits per heavy atom. The lowest BCUT2D eigenvalue weighted by molar-refractivity contribution is -0.116. The number of halogens is 1. The Morgan fingerprint density at radius 3 is 2.79 bits per heavy atom. The minimum atomic E-state index is -0.370. The van der Waals surface area contributed by atoms with Crippen molar-refractivity contribution in [2.75, 3.05) is 18.5 Å². The Balaban J connectivity index is 1.66. The molecule has 0 saturated heterocycles. The molecule has 0 unspecified atom stereocenters. The van der Waals surface area contributed by atoms with Gasteiger partial charge in [-0.15, -0.1) is 11.3 Å². The van der Waals surface area contributed by atoms with E-state index in [0.29, 0.717) is 43.1 Å². The number of carbonyl (C=O) groups is 2. The third-order valence-electron chi connectivity index (χ3n) is 4.50. The Morgan fingerprint density at radius 1 is 1.36 bits per heavy atom. The molecule has 2 heterocycles. The van der Waals surface area contributed by atoms with Crippen LogP contribution in [-0.4, -0.2) is 30.1 Å². The van der Waals surface area contributed by atoms with Gasteiger partial charge in [0, 0.05) is 17.8 Å². The quantitative estimate of drug-likeness (QED) is 0.825. The molecule has 0 radical (unpaired) electrons. The molecule has 0 atom stereocenters. The van der Waals surface area contributed by atoms with Gasteiger partial charge >= 0.3 is 6.09 Å². The molecule has 1 N–H and O–H groups in total. The highest BCUT2D eigenvalue weighted by Gasteiger charge is 2.28. The third kappa shape index (κ3) is 4.49. The number of thiophene rings is 1. The van der Waals surface area contributed by atoms with Crippen LogP contribution in [-0.2, 0) is 28.9 Å². The van der Waals surface area contributed by atoms with Crippen molar-refractivity contribution >= 4 is 28.3 Å². The van der Waals surface area contributed by atoms with E-state index in [1.54, 1.807) is 24.0 Å². The maximum Gasteiger partial charge on any atom is 0.410 e. The van der Waals surface area contributed by atoms with Gasteiger partial charge in [0.15, 0.2) is 0 Å². The van der Waals surface area contributed by atoms with E-state index in [1.165, 1.54) is 23.5 Å². The van der Waals surface area contributed by atoms with Crippen molar-refractivity contribution in [3.05, 3.63) is 51.7 Å². The summed E-state index contributed by atoms with van der Waals surface area (Å²) in [6.07, 6.45) is 0.896. The predicted molar refractivity (Wildman–Crippen MR) is 104 cm³/mol. The highest BCUT2D eigenvalue weighted by atomic mass is 32.1. The third-order valence-corrected chi connectivity index (χ3v) is 5.63. The van der Waals surface area contributed by atoms with Crippen molar-refractivity contribution in [3.63, 3.8) is 0 Å². The number of anilines is 1. The molecule has 1 aromatic heterocycles. The van der Waals surface area contributed by atoms with Crippen LogP contribution >= 0.6 is 11.3 Å². The molecule has 146 valence electrons. The first-order valence-corrected chi connectivity index (χ1v) is 9.84. The maximum atomic E-state index is 12.9. The molecule has 0 saturated carbocycles. The molecule has 2 amide bonds. The van der Waals surface area contributed by atoms with Crippen molar-refractivity contribution in [1.82, 2.24) is 4.90 Å². The van der Waals surface area contributed by atoms with Gasteiger partial charge in [0.1, 0.15) is 16.9 Å². The molecular formula is C20H20FN3O3S. The number of nitrogens with zero attached hydrogens (tertiary/aromatic N) is 2. The lowest BCUT2D eigenvalue weighted by Gasteiger charge is -2.25. The van der Waals surface area contributed by atoms with E-state index in [9.17, 15) is 19.2 Å². The second kappa shape index (κ2) is 8.85. The second-order valence-electron chi connectivity index (χ2n) is 6.36. The number of nitrogens with one attached hydrogen (secondary N) is 1. The van der Waals surface area contributed by atoms with Crippen LogP contribution < -0.4 is 5.32 Å². The van der Waals surface area contributed by atoms with E-state index in [1.807, 2.05) is 0 Å². The van der Waals surface area contributed by atoms with E-state index in [0.717, 1.165) is 16.0 Å². The second-order valence-corrected chi connectivity index (χ2v) is 7.47. The van der Waals surface area contributed by atoms with Crippen LogP contribution in [0.25, 0.3) is 0 Å². The number of amides is 2. The summed E-state index contributed by atoms with van der Waals surface area (Å²) < 4.78 is 18.0. The monoisotopic (exact) mass is 401 g/mol.